The van der Waals surface area contributed by atoms with Gasteiger partial charge in [0, 0.05) is 22.2 Å². The van der Waals surface area contributed by atoms with Crippen LogP contribution >= 0.6 is 15.9 Å². The molecule has 0 unspecified atom stereocenters. The molecule has 0 spiro atoms. The topological polar surface area (TPSA) is 101 Å². The van der Waals surface area contributed by atoms with E-state index >= 15 is 0 Å². The molecule has 8 heteroatoms. The third-order valence-corrected chi connectivity index (χ3v) is 4.95. The number of nitrogens with zero attached hydrogens (tertiary/aromatic N) is 1. The van der Waals surface area contributed by atoms with Gasteiger partial charge in [0.25, 0.3) is 17.5 Å². The SMILES string of the molecule is Cc1ccc(NC(=O)/C(=C/c2cccc([N+](=O)[O-])c2)NC(=O)c2ccccc2)c(Br)c1. The summed E-state index contributed by atoms with van der Waals surface area (Å²) in [6, 6.07) is 19.7. The second-order valence-corrected chi connectivity index (χ2v) is 7.52. The van der Waals surface area contributed by atoms with E-state index in [9.17, 15) is 19.7 Å². The first kappa shape index (κ1) is 21.9. The summed E-state index contributed by atoms with van der Waals surface area (Å²) in [5, 5.41) is 16.4. The van der Waals surface area contributed by atoms with Crippen LogP contribution < -0.4 is 10.6 Å². The quantitative estimate of drug-likeness (QED) is 0.292. The fraction of sp³-hybridized carbons (Fsp3) is 0.0435. The number of halogens is 1. The molecule has 0 aliphatic rings. The van der Waals surface area contributed by atoms with Crippen molar-refractivity contribution in [2.24, 2.45) is 0 Å². The molecule has 0 fully saturated rings. The van der Waals surface area contributed by atoms with E-state index in [1.54, 1.807) is 42.5 Å². The van der Waals surface area contributed by atoms with Gasteiger partial charge in [0.05, 0.1) is 10.6 Å². The van der Waals surface area contributed by atoms with Gasteiger partial charge in [0.15, 0.2) is 0 Å². The van der Waals surface area contributed by atoms with Crippen LogP contribution in [0.1, 0.15) is 21.5 Å². The predicted octanol–water partition coefficient (Wildman–Crippen LogP) is 5.08. The van der Waals surface area contributed by atoms with Crippen LogP contribution in [0.3, 0.4) is 0 Å². The average Bonchev–Trinajstić information content (AvgIpc) is 2.76. The maximum Gasteiger partial charge on any atom is 0.272 e. The van der Waals surface area contributed by atoms with Crippen molar-refractivity contribution in [3.05, 3.63) is 110 Å². The number of benzene rings is 3. The van der Waals surface area contributed by atoms with Gasteiger partial charge in [-0.3, -0.25) is 19.7 Å². The number of nitrogens with one attached hydrogen (secondary N) is 2. The average molecular weight is 480 g/mol. The lowest BCUT2D eigenvalue weighted by atomic mass is 10.1. The van der Waals surface area contributed by atoms with Crippen molar-refractivity contribution in [3.63, 3.8) is 0 Å². The van der Waals surface area contributed by atoms with Crippen molar-refractivity contribution in [1.29, 1.82) is 0 Å². The molecular formula is C23H18BrN3O4. The summed E-state index contributed by atoms with van der Waals surface area (Å²) < 4.78 is 0.685. The van der Waals surface area contributed by atoms with Crippen LogP contribution in [0.15, 0.2) is 83.0 Å². The van der Waals surface area contributed by atoms with Crippen LogP contribution in [-0.4, -0.2) is 16.7 Å². The summed E-state index contributed by atoms with van der Waals surface area (Å²) in [6.07, 6.45) is 1.39. The molecule has 156 valence electrons. The minimum atomic E-state index is -0.569. The van der Waals surface area contributed by atoms with E-state index in [1.165, 1.54) is 24.3 Å². The highest BCUT2D eigenvalue weighted by atomic mass is 79.9. The Hall–Kier alpha value is -3.78. The first-order valence-corrected chi connectivity index (χ1v) is 10.0. The zero-order valence-corrected chi connectivity index (χ0v) is 18.0. The lowest BCUT2D eigenvalue weighted by Gasteiger charge is -2.13. The molecule has 0 saturated carbocycles. The molecule has 3 aromatic carbocycles. The van der Waals surface area contributed by atoms with E-state index in [2.05, 4.69) is 26.6 Å². The molecule has 0 aromatic heterocycles. The van der Waals surface area contributed by atoms with E-state index in [1.807, 2.05) is 19.1 Å². The van der Waals surface area contributed by atoms with Crippen LogP contribution in [0.2, 0.25) is 0 Å². The lowest BCUT2D eigenvalue weighted by molar-refractivity contribution is -0.384. The molecule has 31 heavy (non-hydrogen) atoms. The van der Waals surface area contributed by atoms with Gasteiger partial charge in [0.2, 0.25) is 0 Å². The fourth-order valence-electron chi connectivity index (χ4n) is 2.75. The molecule has 3 aromatic rings. The highest BCUT2D eigenvalue weighted by Gasteiger charge is 2.16. The van der Waals surface area contributed by atoms with Crippen LogP contribution in [-0.2, 0) is 4.79 Å². The molecule has 0 saturated heterocycles. The van der Waals surface area contributed by atoms with E-state index in [4.69, 9.17) is 0 Å². The van der Waals surface area contributed by atoms with Crippen LogP contribution in [0.5, 0.6) is 0 Å². The molecule has 0 radical (unpaired) electrons. The third-order valence-electron chi connectivity index (χ3n) is 4.29. The van der Waals surface area contributed by atoms with E-state index in [0.717, 1.165) is 5.56 Å². The molecule has 7 nitrogen and oxygen atoms in total. The number of rotatable bonds is 6. The Morgan fingerprint density at radius 3 is 2.42 bits per heavy atom. The first-order valence-electron chi connectivity index (χ1n) is 9.23. The lowest BCUT2D eigenvalue weighted by Crippen LogP contribution is -2.30. The Morgan fingerprint density at radius 2 is 1.74 bits per heavy atom. The molecule has 0 bridgehead atoms. The van der Waals surface area contributed by atoms with Gasteiger partial charge in [-0.05, 0) is 64.3 Å². The number of hydrogen-bond donors (Lipinski definition) is 2. The first-order chi connectivity index (χ1) is 14.8. The van der Waals surface area contributed by atoms with Gasteiger partial charge in [-0.25, -0.2) is 0 Å². The minimum absolute atomic E-state index is 0.0539. The maximum absolute atomic E-state index is 13.0. The molecule has 0 atom stereocenters. The van der Waals surface area contributed by atoms with E-state index in [-0.39, 0.29) is 11.4 Å². The van der Waals surface area contributed by atoms with Gasteiger partial charge >= 0.3 is 0 Å². The van der Waals surface area contributed by atoms with Crippen molar-refractivity contribution in [2.75, 3.05) is 5.32 Å². The van der Waals surface area contributed by atoms with E-state index < -0.39 is 16.7 Å². The van der Waals surface area contributed by atoms with Gasteiger partial charge in [0.1, 0.15) is 5.70 Å². The molecule has 3 rings (SSSR count). The van der Waals surface area contributed by atoms with Crippen molar-refractivity contribution in [1.82, 2.24) is 5.32 Å². The number of hydrogen-bond acceptors (Lipinski definition) is 4. The van der Waals surface area contributed by atoms with Gasteiger partial charge in [-0.1, -0.05) is 36.4 Å². The Morgan fingerprint density at radius 1 is 1.00 bits per heavy atom. The summed E-state index contributed by atoms with van der Waals surface area (Å²) in [5.41, 5.74) is 2.13. The Bertz CT molecular complexity index is 1180. The minimum Gasteiger partial charge on any atom is -0.320 e. The largest absolute Gasteiger partial charge is 0.320 e. The number of carbonyl (C=O) groups excluding carboxylic acids is 2. The van der Waals surface area contributed by atoms with Crippen molar-refractivity contribution < 1.29 is 14.5 Å². The Labute approximate surface area is 187 Å². The summed E-state index contributed by atoms with van der Waals surface area (Å²) in [6.45, 7) is 1.92. The second-order valence-electron chi connectivity index (χ2n) is 6.67. The number of carbonyl (C=O) groups is 2. The van der Waals surface area contributed by atoms with Gasteiger partial charge in [-0.15, -0.1) is 0 Å². The second kappa shape index (κ2) is 9.82. The zero-order valence-electron chi connectivity index (χ0n) is 16.5. The monoisotopic (exact) mass is 479 g/mol. The Kier molecular flexibility index (Phi) is 6.94. The van der Waals surface area contributed by atoms with Crippen LogP contribution in [0.4, 0.5) is 11.4 Å². The standard InChI is InChI=1S/C23H18BrN3O4/c1-15-10-11-20(19(24)12-15)25-23(29)21(26-22(28)17-7-3-2-4-8-17)14-16-6-5-9-18(13-16)27(30)31/h2-14H,1H3,(H,25,29)(H,26,28)/b21-14-. The summed E-state index contributed by atoms with van der Waals surface area (Å²) in [7, 11) is 0. The highest BCUT2D eigenvalue weighted by molar-refractivity contribution is 9.10. The number of amides is 2. The number of aryl methyl sites for hydroxylation is 1. The van der Waals surface area contributed by atoms with Crippen LogP contribution in [0.25, 0.3) is 6.08 Å². The van der Waals surface area contributed by atoms with Gasteiger partial charge < -0.3 is 10.6 Å². The van der Waals surface area contributed by atoms with E-state index in [0.29, 0.717) is 21.3 Å². The number of nitro groups is 1. The van der Waals surface area contributed by atoms with Crippen LogP contribution in [0, 0.1) is 17.0 Å². The third kappa shape index (κ3) is 5.86. The fourth-order valence-corrected chi connectivity index (χ4v) is 3.34. The molecule has 2 amide bonds. The maximum atomic E-state index is 13.0. The normalized spacial score (nSPS) is 11.0. The molecule has 0 aliphatic heterocycles. The summed E-state index contributed by atoms with van der Waals surface area (Å²) >= 11 is 3.41. The number of non-ortho nitro benzene ring substituents is 1. The number of anilines is 1. The van der Waals surface area contributed by atoms with Crippen molar-refractivity contribution in [3.8, 4) is 0 Å². The molecule has 2 N–H and O–H groups in total. The summed E-state index contributed by atoms with van der Waals surface area (Å²) in [5.74, 6) is -1.05. The van der Waals surface area contributed by atoms with Gasteiger partial charge in [-0.2, -0.15) is 0 Å². The number of nitro benzene ring substituents is 1. The smallest absolute Gasteiger partial charge is 0.272 e. The summed E-state index contributed by atoms with van der Waals surface area (Å²) in [4.78, 5) is 36.2. The molecule has 0 aliphatic carbocycles. The molecule has 0 heterocycles. The Balaban J connectivity index is 1.94. The highest BCUT2D eigenvalue weighted by Crippen LogP contribution is 2.24. The van der Waals surface area contributed by atoms with Crippen molar-refractivity contribution in [2.45, 2.75) is 6.92 Å². The predicted molar refractivity (Wildman–Crippen MR) is 122 cm³/mol. The molecular weight excluding hydrogens is 462 g/mol. The zero-order chi connectivity index (χ0) is 22.4. The van der Waals surface area contributed by atoms with Crippen molar-refractivity contribution >= 4 is 45.2 Å².